The van der Waals surface area contributed by atoms with Crippen LogP contribution in [0.3, 0.4) is 0 Å². The molecule has 0 aromatic heterocycles. The molecule has 0 aromatic carbocycles. The van der Waals surface area contributed by atoms with Crippen molar-refractivity contribution < 1.29 is 0 Å². The monoisotopic (exact) mass is 226 g/mol. The van der Waals surface area contributed by atoms with E-state index < -0.39 is 0 Å². The van der Waals surface area contributed by atoms with Gasteiger partial charge in [0, 0.05) is 25.2 Å². The molecule has 0 saturated heterocycles. The summed E-state index contributed by atoms with van der Waals surface area (Å²) in [5, 5.41) is 3.68. The normalized spacial score (nSPS) is 19.9. The van der Waals surface area contributed by atoms with Crippen LogP contribution in [0.4, 0.5) is 0 Å². The first-order valence-electron chi connectivity index (χ1n) is 7.08. The molecule has 1 rings (SSSR count). The Morgan fingerprint density at radius 3 is 2.38 bits per heavy atom. The third kappa shape index (κ3) is 4.42. The summed E-state index contributed by atoms with van der Waals surface area (Å²) < 4.78 is 0. The maximum atomic E-state index is 3.68. The molecule has 0 spiro atoms. The first-order valence-corrected chi connectivity index (χ1v) is 7.08. The predicted molar refractivity (Wildman–Crippen MR) is 71.8 cm³/mol. The Bertz CT molecular complexity index is 174. The zero-order chi connectivity index (χ0) is 12.0. The van der Waals surface area contributed by atoms with Gasteiger partial charge >= 0.3 is 0 Å². The lowest BCUT2D eigenvalue weighted by Gasteiger charge is -2.26. The average Bonchev–Trinajstić information content (AvgIpc) is 2.76. The van der Waals surface area contributed by atoms with Crippen molar-refractivity contribution in [1.29, 1.82) is 0 Å². The van der Waals surface area contributed by atoms with Crippen molar-refractivity contribution in [3.05, 3.63) is 0 Å². The zero-order valence-electron chi connectivity index (χ0n) is 11.6. The van der Waals surface area contributed by atoms with E-state index in [9.17, 15) is 0 Å². The molecule has 1 aliphatic carbocycles. The van der Waals surface area contributed by atoms with Gasteiger partial charge in [0.2, 0.25) is 0 Å². The van der Waals surface area contributed by atoms with Crippen LogP contribution in [0.2, 0.25) is 0 Å². The molecule has 1 atom stereocenters. The summed E-state index contributed by atoms with van der Waals surface area (Å²) in [4.78, 5) is 2.55. The van der Waals surface area contributed by atoms with Gasteiger partial charge in [-0.15, -0.1) is 0 Å². The number of hydrogen-bond donors (Lipinski definition) is 1. The van der Waals surface area contributed by atoms with Crippen molar-refractivity contribution in [2.24, 2.45) is 5.92 Å². The number of nitrogens with zero attached hydrogens (tertiary/aromatic N) is 1. The van der Waals surface area contributed by atoms with Crippen molar-refractivity contribution in [2.75, 3.05) is 20.1 Å². The molecule has 96 valence electrons. The summed E-state index contributed by atoms with van der Waals surface area (Å²) in [5.41, 5.74) is 0. The van der Waals surface area contributed by atoms with Crippen molar-refractivity contribution in [3.8, 4) is 0 Å². The van der Waals surface area contributed by atoms with E-state index in [-0.39, 0.29) is 0 Å². The van der Waals surface area contributed by atoms with Gasteiger partial charge in [0.25, 0.3) is 0 Å². The molecule has 1 N–H and O–H groups in total. The number of hydrogen-bond acceptors (Lipinski definition) is 2. The molecule has 0 heterocycles. The van der Waals surface area contributed by atoms with Crippen molar-refractivity contribution in [2.45, 2.75) is 65.0 Å². The predicted octanol–water partition coefficient (Wildman–Crippen LogP) is 2.89. The molecule has 2 heteroatoms. The van der Waals surface area contributed by atoms with E-state index in [1.54, 1.807) is 0 Å². The fourth-order valence-electron chi connectivity index (χ4n) is 2.81. The summed E-state index contributed by atoms with van der Waals surface area (Å²) in [6.07, 6.45) is 6.94. The maximum Gasteiger partial charge on any atom is 0.0107 e. The molecule has 0 radical (unpaired) electrons. The summed E-state index contributed by atoms with van der Waals surface area (Å²) in [5.74, 6) is 0.752. The lowest BCUT2D eigenvalue weighted by molar-refractivity contribution is 0.237. The molecular formula is C14H30N2. The molecular weight excluding hydrogens is 196 g/mol. The molecule has 1 fully saturated rings. The van der Waals surface area contributed by atoms with Crippen molar-refractivity contribution in [3.63, 3.8) is 0 Å². The van der Waals surface area contributed by atoms with Crippen LogP contribution >= 0.6 is 0 Å². The van der Waals surface area contributed by atoms with E-state index in [1.807, 2.05) is 0 Å². The second-order valence-electron chi connectivity index (χ2n) is 5.63. The van der Waals surface area contributed by atoms with Gasteiger partial charge < -0.3 is 10.2 Å². The van der Waals surface area contributed by atoms with Gasteiger partial charge in [-0.2, -0.15) is 0 Å². The minimum Gasteiger partial charge on any atom is -0.312 e. The highest BCUT2D eigenvalue weighted by atomic mass is 15.1. The molecule has 1 aliphatic rings. The number of likely N-dealkylation sites (N-methyl/N-ethyl adjacent to an activating group) is 1. The second-order valence-corrected chi connectivity index (χ2v) is 5.63. The Balaban J connectivity index is 2.13. The van der Waals surface area contributed by atoms with E-state index in [0.717, 1.165) is 18.5 Å². The summed E-state index contributed by atoms with van der Waals surface area (Å²) in [7, 11) is 2.29. The number of rotatable bonds is 7. The fourth-order valence-corrected chi connectivity index (χ4v) is 2.81. The maximum absolute atomic E-state index is 3.68. The Hall–Kier alpha value is -0.0800. The molecule has 0 aromatic rings. The van der Waals surface area contributed by atoms with Crippen LogP contribution in [-0.4, -0.2) is 37.1 Å². The SMILES string of the molecule is CCC(NCCN(C)C1CCCC1)C(C)C. The van der Waals surface area contributed by atoms with Crippen molar-refractivity contribution in [1.82, 2.24) is 10.2 Å². The highest BCUT2D eigenvalue weighted by molar-refractivity contribution is 4.76. The summed E-state index contributed by atoms with van der Waals surface area (Å²) >= 11 is 0. The highest BCUT2D eigenvalue weighted by Gasteiger charge is 2.19. The largest absolute Gasteiger partial charge is 0.312 e. The molecule has 1 saturated carbocycles. The quantitative estimate of drug-likeness (QED) is 0.718. The average molecular weight is 226 g/mol. The minimum atomic E-state index is 0.692. The van der Waals surface area contributed by atoms with Gasteiger partial charge in [-0.25, -0.2) is 0 Å². The Labute approximate surface area is 102 Å². The topological polar surface area (TPSA) is 15.3 Å². The molecule has 1 unspecified atom stereocenters. The van der Waals surface area contributed by atoms with Gasteiger partial charge in [-0.1, -0.05) is 33.6 Å². The van der Waals surface area contributed by atoms with E-state index in [1.165, 1.54) is 38.6 Å². The van der Waals surface area contributed by atoms with Crippen LogP contribution in [0.15, 0.2) is 0 Å². The van der Waals surface area contributed by atoms with E-state index in [2.05, 4.69) is 38.0 Å². The van der Waals surface area contributed by atoms with Crippen LogP contribution in [-0.2, 0) is 0 Å². The molecule has 0 bridgehead atoms. The smallest absolute Gasteiger partial charge is 0.0107 e. The van der Waals surface area contributed by atoms with E-state index >= 15 is 0 Å². The van der Waals surface area contributed by atoms with Crippen molar-refractivity contribution >= 4 is 0 Å². The van der Waals surface area contributed by atoms with E-state index in [0.29, 0.717) is 6.04 Å². The fraction of sp³-hybridized carbons (Fsp3) is 1.00. The second kappa shape index (κ2) is 7.29. The summed E-state index contributed by atoms with van der Waals surface area (Å²) in [6, 6.07) is 1.55. The Morgan fingerprint density at radius 2 is 1.88 bits per heavy atom. The van der Waals surface area contributed by atoms with Gasteiger partial charge in [0.15, 0.2) is 0 Å². The minimum absolute atomic E-state index is 0.692. The lowest BCUT2D eigenvalue weighted by Crippen LogP contribution is -2.40. The van der Waals surface area contributed by atoms with Gasteiger partial charge in [-0.3, -0.25) is 0 Å². The lowest BCUT2D eigenvalue weighted by atomic mass is 10.0. The van der Waals surface area contributed by atoms with Gasteiger partial charge in [0.05, 0.1) is 0 Å². The van der Waals surface area contributed by atoms with E-state index in [4.69, 9.17) is 0 Å². The Morgan fingerprint density at radius 1 is 1.25 bits per heavy atom. The third-order valence-corrected chi connectivity index (χ3v) is 4.06. The van der Waals surface area contributed by atoms with Crippen LogP contribution in [0, 0.1) is 5.92 Å². The van der Waals surface area contributed by atoms with Gasteiger partial charge in [-0.05, 0) is 32.2 Å². The molecule has 0 amide bonds. The standard InChI is InChI=1S/C14H30N2/c1-5-14(12(2)3)15-10-11-16(4)13-8-6-7-9-13/h12-15H,5-11H2,1-4H3. The molecule has 2 nitrogen and oxygen atoms in total. The Kier molecular flexibility index (Phi) is 6.37. The van der Waals surface area contributed by atoms with Gasteiger partial charge in [0.1, 0.15) is 0 Å². The first-order chi connectivity index (χ1) is 7.65. The van der Waals surface area contributed by atoms with Crippen LogP contribution in [0.25, 0.3) is 0 Å². The molecule has 16 heavy (non-hydrogen) atoms. The summed E-state index contributed by atoms with van der Waals surface area (Å²) in [6.45, 7) is 9.24. The first kappa shape index (κ1) is 14.0. The number of nitrogens with one attached hydrogen (secondary N) is 1. The zero-order valence-corrected chi connectivity index (χ0v) is 11.6. The van der Waals surface area contributed by atoms with Crippen LogP contribution in [0.5, 0.6) is 0 Å². The third-order valence-electron chi connectivity index (χ3n) is 4.06. The highest BCUT2D eigenvalue weighted by Crippen LogP contribution is 2.21. The van der Waals surface area contributed by atoms with Crippen LogP contribution < -0.4 is 5.32 Å². The molecule has 0 aliphatic heterocycles. The van der Waals surface area contributed by atoms with Crippen LogP contribution in [0.1, 0.15) is 52.9 Å².